The molecule has 0 bridgehead atoms. The van der Waals surface area contributed by atoms with Gasteiger partial charge in [-0.2, -0.15) is 4.72 Å². The van der Waals surface area contributed by atoms with Crippen molar-refractivity contribution in [3.8, 4) is 5.75 Å². The van der Waals surface area contributed by atoms with E-state index in [-0.39, 0.29) is 16.5 Å². The fourth-order valence-corrected chi connectivity index (χ4v) is 5.37. The summed E-state index contributed by atoms with van der Waals surface area (Å²) in [4.78, 5) is 10.8. The molecule has 1 unspecified atom stereocenters. The number of alkyl halides is 3. The zero-order valence-electron chi connectivity index (χ0n) is 17.9. The number of hydrogen-bond donors (Lipinski definition) is 2. The Morgan fingerprint density at radius 2 is 1.88 bits per heavy atom. The Labute approximate surface area is 199 Å². The van der Waals surface area contributed by atoms with Gasteiger partial charge >= 0.3 is 12.1 Å². The fourth-order valence-electron chi connectivity index (χ4n) is 3.51. The van der Waals surface area contributed by atoms with Crippen LogP contribution in [-0.2, 0) is 15.6 Å². The van der Waals surface area contributed by atoms with Gasteiger partial charge in [0.25, 0.3) is 0 Å². The summed E-state index contributed by atoms with van der Waals surface area (Å²) in [6.45, 7) is 4.64. The number of halogens is 5. The van der Waals surface area contributed by atoms with Gasteiger partial charge in [-0.15, -0.1) is 18.3 Å². The molecular weight excluding hydrogens is 550 g/mol. The predicted molar refractivity (Wildman–Crippen MR) is 115 cm³/mol. The Balaban J connectivity index is 2.29. The smallest absolute Gasteiger partial charge is 0.404 e. The van der Waals surface area contributed by atoms with Gasteiger partial charge in [-0.25, -0.2) is 22.7 Å². The molecule has 0 aliphatic heterocycles. The van der Waals surface area contributed by atoms with Crippen LogP contribution in [0, 0.1) is 19.7 Å². The molecule has 0 spiro atoms. The first kappa shape index (κ1) is 25.9. The SMILES string of the molecule is CCC(NS(=O)(=O)c1ccc(Br)cc1OC(F)(F)F)(c1n[nH]c(=O)o1)c1c(F)ccc(C)c1C. The average molecular weight is 568 g/mol. The average Bonchev–Trinajstić information content (AvgIpc) is 3.15. The van der Waals surface area contributed by atoms with Gasteiger partial charge in [-0.05, 0) is 55.7 Å². The molecule has 8 nitrogen and oxygen atoms in total. The standard InChI is InChI=1S/C20H18BrF4N3O5S/c1-4-19(17-26-27-18(29)32-17,16-11(3)10(2)5-7-13(16)22)28-34(30,31)15-8-6-12(21)9-14(15)33-20(23,24)25/h5-9,28H,4H2,1-3H3,(H,27,29). The number of aryl methyl sites for hydroxylation is 1. The highest BCUT2D eigenvalue weighted by atomic mass is 79.9. The zero-order chi connectivity index (χ0) is 25.5. The van der Waals surface area contributed by atoms with Crippen LogP contribution in [0.5, 0.6) is 5.75 Å². The van der Waals surface area contributed by atoms with Crippen LogP contribution in [0.3, 0.4) is 0 Å². The van der Waals surface area contributed by atoms with Gasteiger partial charge < -0.3 is 9.15 Å². The number of benzene rings is 2. The number of rotatable bonds is 7. The Kier molecular flexibility index (Phi) is 6.97. The molecule has 1 atom stereocenters. The Morgan fingerprint density at radius 1 is 1.21 bits per heavy atom. The number of aromatic nitrogens is 2. The molecule has 0 amide bonds. The molecule has 0 aliphatic carbocycles. The van der Waals surface area contributed by atoms with Crippen LogP contribution in [0.25, 0.3) is 0 Å². The van der Waals surface area contributed by atoms with Crippen molar-refractivity contribution in [2.24, 2.45) is 0 Å². The number of H-pyrrole nitrogens is 1. The van der Waals surface area contributed by atoms with Gasteiger partial charge in [0.05, 0.1) is 0 Å². The van der Waals surface area contributed by atoms with Gasteiger partial charge in [0.2, 0.25) is 15.9 Å². The van der Waals surface area contributed by atoms with E-state index in [1.165, 1.54) is 26.0 Å². The van der Waals surface area contributed by atoms with E-state index in [0.29, 0.717) is 11.1 Å². The molecule has 0 saturated carbocycles. The lowest BCUT2D eigenvalue weighted by atomic mass is 9.83. The van der Waals surface area contributed by atoms with Gasteiger partial charge in [0.15, 0.2) is 5.75 Å². The zero-order valence-corrected chi connectivity index (χ0v) is 20.3. The fraction of sp³-hybridized carbons (Fsp3) is 0.300. The van der Waals surface area contributed by atoms with E-state index in [1.807, 2.05) is 5.10 Å². The summed E-state index contributed by atoms with van der Waals surface area (Å²) in [5, 5.41) is 5.70. The van der Waals surface area contributed by atoms with Crippen LogP contribution in [0.15, 0.2) is 48.9 Å². The minimum atomic E-state index is -5.19. The number of aromatic amines is 1. The maximum atomic E-state index is 15.2. The summed E-state index contributed by atoms with van der Waals surface area (Å²) in [7, 11) is -4.86. The molecule has 2 N–H and O–H groups in total. The molecule has 14 heteroatoms. The van der Waals surface area contributed by atoms with E-state index in [0.717, 1.165) is 18.2 Å². The normalized spacial score (nSPS) is 14.1. The highest BCUT2D eigenvalue weighted by Gasteiger charge is 2.46. The van der Waals surface area contributed by atoms with Crippen molar-refractivity contribution in [3.05, 3.63) is 73.8 Å². The van der Waals surface area contributed by atoms with Crippen LogP contribution in [-0.4, -0.2) is 25.0 Å². The molecule has 3 rings (SSSR count). The van der Waals surface area contributed by atoms with Gasteiger partial charge in [-0.1, -0.05) is 28.9 Å². The largest absolute Gasteiger partial charge is 0.573 e. The van der Waals surface area contributed by atoms with Crippen LogP contribution < -0.4 is 15.2 Å². The second kappa shape index (κ2) is 9.15. The molecular formula is C20H18BrF4N3O5S. The summed E-state index contributed by atoms with van der Waals surface area (Å²) in [5.74, 6) is -3.43. The predicted octanol–water partition coefficient (Wildman–Crippen LogP) is 4.41. The van der Waals surface area contributed by atoms with Crippen molar-refractivity contribution in [2.45, 2.75) is 44.0 Å². The van der Waals surface area contributed by atoms with E-state index in [4.69, 9.17) is 4.42 Å². The summed E-state index contributed by atoms with van der Waals surface area (Å²) in [6.07, 6.45) is -5.42. The van der Waals surface area contributed by atoms with Gasteiger partial charge in [-0.3, -0.25) is 0 Å². The molecule has 0 fully saturated rings. The van der Waals surface area contributed by atoms with E-state index in [1.54, 1.807) is 6.92 Å². The Bertz CT molecular complexity index is 1390. The maximum Gasteiger partial charge on any atom is 0.573 e. The van der Waals surface area contributed by atoms with Crippen molar-refractivity contribution in [1.82, 2.24) is 14.9 Å². The van der Waals surface area contributed by atoms with Crippen molar-refractivity contribution in [1.29, 1.82) is 0 Å². The first-order chi connectivity index (χ1) is 15.7. The lowest BCUT2D eigenvalue weighted by Crippen LogP contribution is -2.48. The van der Waals surface area contributed by atoms with Crippen molar-refractivity contribution < 1.29 is 35.1 Å². The third kappa shape index (κ3) is 5.03. The summed E-state index contributed by atoms with van der Waals surface area (Å²) >= 11 is 2.97. The number of nitrogens with one attached hydrogen (secondary N) is 2. The van der Waals surface area contributed by atoms with Crippen molar-refractivity contribution in [3.63, 3.8) is 0 Å². The van der Waals surface area contributed by atoms with E-state index >= 15 is 4.39 Å². The highest BCUT2D eigenvalue weighted by Crippen LogP contribution is 2.39. The minimum Gasteiger partial charge on any atom is -0.404 e. The number of sulfonamides is 1. The van der Waals surface area contributed by atoms with Crippen molar-refractivity contribution in [2.75, 3.05) is 0 Å². The number of nitrogens with zero attached hydrogens (tertiary/aromatic N) is 1. The minimum absolute atomic E-state index is 0.117. The first-order valence-corrected chi connectivity index (χ1v) is 11.9. The van der Waals surface area contributed by atoms with Crippen LogP contribution in [0.4, 0.5) is 17.6 Å². The van der Waals surface area contributed by atoms with Gasteiger partial charge in [0, 0.05) is 10.0 Å². The third-order valence-electron chi connectivity index (χ3n) is 5.17. The second-order valence-electron chi connectivity index (χ2n) is 7.29. The lowest BCUT2D eigenvalue weighted by molar-refractivity contribution is -0.275. The first-order valence-electron chi connectivity index (χ1n) is 9.61. The molecule has 34 heavy (non-hydrogen) atoms. The Morgan fingerprint density at radius 3 is 2.44 bits per heavy atom. The molecule has 184 valence electrons. The Hall–Kier alpha value is -2.71. The van der Waals surface area contributed by atoms with Gasteiger partial charge in [0.1, 0.15) is 16.3 Å². The van der Waals surface area contributed by atoms with E-state index < -0.39 is 50.0 Å². The monoisotopic (exact) mass is 567 g/mol. The number of hydrogen-bond acceptors (Lipinski definition) is 6. The highest BCUT2D eigenvalue weighted by molar-refractivity contribution is 9.10. The summed E-state index contributed by atoms with van der Waals surface area (Å²) in [5.41, 5.74) is -1.40. The van der Waals surface area contributed by atoms with Crippen molar-refractivity contribution >= 4 is 26.0 Å². The third-order valence-corrected chi connectivity index (χ3v) is 7.20. The van der Waals surface area contributed by atoms with Crippen LogP contribution >= 0.6 is 15.9 Å². The van der Waals surface area contributed by atoms with E-state index in [9.17, 15) is 26.4 Å². The quantitative estimate of drug-likeness (QED) is 0.409. The summed E-state index contributed by atoms with van der Waals surface area (Å²) in [6, 6.07) is 5.46. The topological polar surface area (TPSA) is 114 Å². The molecule has 2 aromatic carbocycles. The van der Waals surface area contributed by atoms with E-state index in [2.05, 4.69) is 30.5 Å². The second-order valence-corrected chi connectivity index (χ2v) is 9.85. The molecule has 0 aliphatic rings. The molecule has 0 saturated heterocycles. The lowest BCUT2D eigenvalue weighted by Gasteiger charge is -2.33. The molecule has 1 aromatic heterocycles. The van der Waals surface area contributed by atoms with Crippen LogP contribution in [0.1, 0.15) is 35.9 Å². The molecule has 1 heterocycles. The van der Waals surface area contributed by atoms with Crippen LogP contribution in [0.2, 0.25) is 0 Å². The molecule has 3 aromatic rings. The summed E-state index contributed by atoms with van der Waals surface area (Å²) < 4.78 is 92.2. The number of ether oxygens (including phenoxy) is 1. The maximum absolute atomic E-state index is 15.2. The molecule has 0 radical (unpaired) electrons.